The quantitative estimate of drug-likeness (QED) is 0.817. The highest BCUT2D eigenvalue weighted by Crippen LogP contribution is 2.34. The minimum absolute atomic E-state index is 0.533. The van der Waals surface area contributed by atoms with Gasteiger partial charge in [0, 0.05) is 13.1 Å². The lowest BCUT2D eigenvalue weighted by atomic mass is 9.83. The van der Waals surface area contributed by atoms with Crippen molar-refractivity contribution < 1.29 is 0 Å². The van der Waals surface area contributed by atoms with Crippen molar-refractivity contribution in [3.05, 3.63) is 11.4 Å². The highest BCUT2D eigenvalue weighted by Gasteiger charge is 2.26. The molecule has 0 aromatic carbocycles. The molecule has 1 heterocycles. The van der Waals surface area contributed by atoms with E-state index in [0.29, 0.717) is 6.54 Å². The normalized spacial score (nSPS) is 20.5. The summed E-state index contributed by atoms with van der Waals surface area (Å²) < 4.78 is 2.12. The lowest BCUT2D eigenvalue weighted by Crippen LogP contribution is -2.16. The SMILES string of the molecule is NCc1nnn(CCC2CCC2)c1CC1CC1. The third kappa shape index (κ3) is 2.51. The first-order valence-corrected chi connectivity index (χ1v) is 6.98. The van der Waals surface area contributed by atoms with Crippen molar-refractivity contribution in [2.24, 2.45) is 17.6 Å². The molecule has 1 aromatic heterocycles. The first-order valence-electron chi connectivity index (χ1n) is 6.98. The van der Waals surface area contributed by atoms with E-state index in [9.17, 15) is 0 Å². The molecular formula is C13H22N4. The van der Waals surface area contributed by atoms with E-state index in [1.165, 1.54) is 44.2 Å². The molecule has 0 amide bonds. The molecule has 2 aliphatic carbocycles. The minimum Gasteiger partial charge on any atom is -0.325 e. The van der Waals surface area contributed by atoms with Crippen LogP contribution < -0.4 is 5.73 Å². The molecule has 3 rings (SSSR count). The van der Waals surface area contributed by atoms with Crippen LogP contribution in [-0.4, -0.2) is 15.0 Å². The Hall–Kier alpha value is -0.900. The molecule has 2 N–H and O–H groups in total. The number of hydrogen-bond acceptors (Lipinski definition) is 3. The zero-order valence-electron chi connectivity index (χ0n) is 10.4. The van der Waals surface area contributed by atoms with E-state index in [4.69, 9.17) is 5.73 Å². The van der Waals surface area contributed by atoms with Gasteiger partial charge in [-0.1, -0.05) is 24.5 Å². The summed E-state index contributed by atoms with van der Waals surface area (Å²) in [6, 6.07) is 0. The van der Waals surface area contributed by atoms with Gasteiger partial charge < -0.3 is 5.73 Å². The Morgan fingerprint density at radius 3 is 2.59 bits per heavy atom. The van der Waals surface area contributed by atoms with E-state index < -0.39 is 0 Å². The highest BCUT2D eigenvalue weighted by molar-refractivity contribution is 5.12. The van der Waals surface area contributed by atoms with E-state index in [0.717, 1.165) is 30.5 Å². The van der Waals surface area contributed by atoms with E-state index in [1.807, 2.05) is 0 Å². The van der Waals surface area contributed by atoms with E-state index in [1.54, 1.807) is 0 Å². The Bertz CT molecular complexity index is 377. The minimum atomic E-state index is 0.533. The summed E-state index contributed by atoms with van der Waals surface area (Å²) in [6.45, 7) is 1.57. The average Bonchev–Trinajstić information content (AvgIpc) is 2.99. The van der Waals surface area contributed by atoms with Gasteiger partial charge in [0.1, 0.15) is 0 Å². The lowest BCUT2D eigenvalue weighted by Gasteiger charge is -2.25. The van der Waals surface area contributed by atoms with Crippen LogP contribution in [0.1, 0.15) is 49.9 Å². The number of nitrogens with two attached hydrogens (primary N) is 1. The van der Waals surface area contributed by atoms with Crippen molar-refractivity contribution in [1.82, 2.24) is 15.0 Å². The van der Waals surface area contributed by atoms with Crippen molar-refractivity contribution in [3.63, 3.8) is 0 Å². The summed E-state index contributed by atoms with van der Waals surface area (Å²) >= 11 is 0. The first-order chi connectivity index (χ1) is 8.36. The van der Waals surface area contributed by atoms with Crippen LogP contribution in [-0.2, 0) is 19.5 Å². The molecule has 0 saturated heterocycles. The van der Waals surface area contributed by atoms with Gasteiger partial charge in [-0.3, -0.25) is 0 Å². The molecule has 4 nitrogen and oxygen atoms in total. The largest absolute Gasteiger partial charge is 0.325 e. The van der Waals surface area contributed by atoms with Gasteiger partial charge in [-0.05, 0) is 37.5 Å². The van der Waals surface area contributed by atoms with Crippen molar-refractivity contribution in [2.75, 3.05) is 0 Å². The summed E-state index contributed by atoms with van der Waals surface area (Å²) in [5.41, 5.74) is 8.07. The second-order valence-corrected chi connectivity index (χ2v) is 5.64. The fourth-order valence-corrected chi connectivity index (χ4v) is 2.61. The Kier molecular flexibility index (Phi) is 3.14. The van der Waals surface area contributed by atoms with Crippen LogP contribution in [0.4, 0.5) is 0 Å². The third-order valence-corrected chi connectivity index (χ3v) is 4.26. The Morgan fingerprint density at radius 2 is 2.00 bits per heavy atom. The maximum atomic E-state index is 5.74. The number of nitrogens with zero attached hydrogens (tertiary/aromatic N) is 3. The maximum absolute atomic E-state index is 5.74. The second kappa shape index (κ2) is 4.77. The molecule has 94 valence electrons. The molecule has 0 spiro atoms. The Balaban J connectivity index is 1.65. The molecule has 0 aliphatic heterocycles. The monoisotopic (exact) mass is 234 g/mol. The summed E-state index contributed by atoms with van der Waals surface area (Å²) in [4.78, 5) is 0. The van der Waals surface area contributed by atoms with Gasteiger partial charge in [-0.15, -0.1) is 5.10 Å². The third-order valence-electron chi connectivity index (χ3n) is 4.26. The molecule has 2 fully saturated rings. The molecule has 0 radical (unpaired) electrons. The predicted molar refractivity (Wildman–Crippen MR) is 66.3 cm³/mol. The molecule has 0 unspecified atom stereocenters. The zero-order valence-corrected chi connectivity index (χ0v) is 10.4. The summed E-state index contributed by atoms with van der Waals surface area (Å²) in [5.74, 6) is 1.82. The summed E-state index contributed by atoms with van der Waals surface area (Å²) in [5, 5.41) is 8.51. The Labute approximate surface area is 103 Å². The highest BCUT2D eigenvalue weighted by atomic mass is 15.4. The molecule has 0 bridgehead atoms. The van der Waals surface area contributed by atoms with Crippen LogP contribution in [0, 0.1) is 11.8 Å². The molecule has 4 heteroatoms. The van der Waals surface area contributed by atoms with Crippen LogP contribution in [0.15, 0.2) is 0 Å². The maximum Gasteiger partial charge on any atom is 0.0994 e. The van der Waals surface area contributed by atoms with Crippen LogP contribution in [0.2, 0.25) is 0 Å². The van der Waals surface area contributed by atoms with E-state index in [2.05, 4.69) is 15.0 Å². The van der Waals surface area contributed by atoms with Crippen LogP contribution in [0.25, 0.3) is 0 Å². The molecule has 17 heavy (non-hydrogen) atoms. The van der Waals surface area contributed by atoms with Crippen LogP contribution in [0.5, 0.6) is 0 Å². The van der Waals surface area contributed by atoms with Gasteiger partial charge in [0.15, 0.2) is 0 Å². The van der Waals surface area contributed by atoms with Gasteiger partial charge in [0.2, 0.25) is 0 Å². The van der Waals surface area contributed by atoms with Crippen molar-refractivity contribution in [3.8, 4) is 0 Å². The van der Waals surface area contributed by atoms with Crippen molar-refractivity contribution in [1.29, 1.82) is 0 Å². The van der Waals surface area contributed by atoms with Gasteiger partial charge in [0.25, 0.3) is 0 Å². The Morgan fingerprint density at radius 1 is 1.18 bits per heavy atom. The van der Waals surface area contributed by atoms with Crippen molar-refractivity contribution >= 4 is 0 Å². The smallest absolute Gasteiger partial charge is 0.0994 e. The molecule has 2 saturated carbocycles. The predicted octanol–water partition coefficient (Wildman–Crippen LogP) is 1.88. The first kappa shape index (κ1) is 11.2. The van der Waals surface area contributed by atoms with Gasteiger partial charge in [-0.2, -0.15) is 0 Å². The molecular weight excluding hydrogens is 212 g/mol. The zero-order chi connectivity index (χ0) is 11.7. The lowest BCUT2D eigenvalue weighted by molar-refractivity contribution is 0.275. The average molecular weight is 234 g/mol. The van der Waals surface area contributed by atoms with E-state index in [-0.39, 0.29) is 0 Å². The summed E-state index contributed by atoms with van der Waals surface area (Å²) in [7, 11) is 0. The standard InChI is InChI=1S/C13H22N4/c14-9-12-13(8-11-4-5-11)17(16-15-12)7-6-10-2-1-3-10/h10-11H,1-9,14H2. The van der Waals surface area contributed by atoms with Crippen molar-refractivity contribution in [2.45, 2.75) is 58.0 Å². The molecule has 1 aromatic rings. The van der Waals surface area contributed by atoms with Gasteiger partial charge in [0.05, 0.1) is 11.4 Å². The number of aromatic nitrogens is 3. The number of hydrogen-bond donors (Lipinski definition) is 1. The number of rotatable bonds is 6. The van der Waals surface area contributed by atoms with Gasteiger partial charge >= 0.3 is 0 Å². The second-order valence-electron chi connectivity index (χ2n) is 5.64. The van der Waals surface area contributed by atoms with Gasteiger partial charge in [-0.25, -0.2) is 4.68 Å². The molecule has 0 atom stereocenters. The van der Waals surface area contributed by atoms with Crippen LogP contribution >= 0.6 is 0 Å². The fourth-order valence-electron chi connectivity index (χ4n) is 2.61. The summed E-state index contributed by atoms with van der Waals surface area (Å²) in [6.07, 6.45) is 9.41. The fraction of sp³-hybridized carbons (Fsp3) is 0.846. The van der Waals surface area contributed by atoms with Crippen LogP contribution in [0.3, 0.4) is 0 Å². The number of aryl methyl sites for hydroxylation is 1. The topological polar surface area (TPSA) is 56.7 Å². The van der Waals surface area contributed by atoms with E-state index >= 15 is 0 Å². The molecule has 2 aliphatic rings.